The first kappa shape index (κ1) is 15.1. The largest absolute Gasteiger partial charge is 0.514 e. The Bertz CT molecular complexity index is 370. The SMILES string of the molecule is C[Si](Cc1ccccc1)(OC(F)F)OC(F)(F)F. The third-order valence-corrected chi connectivity index (χ3v) is 4.43. The van der Waals surface area contributed by atoms with E-state index < -0.39 is 21.5 Å². The molecular weight excluding hydrogens is 275 g/mol. The molecule has 0 saturated carbocycles. The summed E-state index contributed by atoms with van der Waals surface area (Å²) < 4.78 is 68.8. The maximum Gasteiger partial charge on any atom is 0.514 e. The summed E-state index contributed by atoms with van der Waals surface area (Å²) in [4.78, 5) is 0. The Morgan fingerprint density at radius 3 is 2.17 bits per heavy atom. The molecule has 0 bridgehead atoms. The Balaban J connectivity index is 2.84. The molecule has 0 aromatic heterocycles. The van der Waals surface area contributed by atoms with E-state index in [4.69, 9.17) is 0 Å². The molecule has 0 aliphatic carbocycles. The van der Waals surface area contributed by atoms with Crippen molar-refractivity contribution in [1.82, 2.24) is 0 Å². The highest BCUT2D eigenvalue weighted by Crippen LogP contribution is 2.27. The maximum atomic E-state index is 12.2. The van der Waals surface area contributed by atoms with E-state index in [0.717, 1.165) is 6.55 Å². The standard InChI is InChI=1S/C10H11F5O2Si/c1-18(16-9(11)12,17-10(13,14)15)7-8-5-3-2-4-6-8/h2-6,9H,7H2,1H3. The molecule has 1 rings (SSSR count). The van der Waals surface area contributed by atoms with E-state index >= 15 is 0 Å². The van der Waals surface area contributed by atoms with Gasteiger partial charge in [-0.3, -0.25) is 0 Å². The lowest BCUT2D eigenvalue weighted by Gasteiger charge is -2.27. The van der Waals surface area contributed by atoms with Crippen LogP contribution in [0.15, 0.2) is 30.3 Å². The van der Waals surface area contributed by atoms with E-state index in [-0.39, 0.29) is 6.04 Å². The maximum absolute atomic E-state index is 12.2. The molecule has 0 saturated heterocycles. The van der Waals surface area contributed by atoms with Crippen LogP contribution in [0.2, 0.25) is 6.55 Å². The van der Waals surface area contributed by atoms with E-state index in [0.29, 0.717) is 5.56 Å². The lowest BCUT2D eigenvalue weighted by atomic mass is 10.2. The Labute approximate surface area is 102 Å². The summed E-state index contributed by atoms with van der Waals surface area (Å²) in [5.41, 5.74) is 0.455. The van der Waals surface area contributed by atoms with Crippen LogP contribution in [-0.4, -0.2) is 21.5 Å². The van der Waals surface area contributed by atoms with Crippen molar-refractivity contribution < 1.29 is 30.8 Å². The molecule has 1 aromatic rings. The Kier molecular flexibility index (Phi) is 4.82. The van der Waals surface area contributed by atoms with Gasteiger partial charge in [0.2, 0.25) is 0 Å². The number of hydrogen-bond acceptors (Lipinski definition) is 2. The van der Waals surface area contributed by atoms with Crippen molar-refractivity contribution in [1.29, 1.82) is 0 Å². The van der Waals surface area contributed by atoms with Gasteiger partial charge >= 0.3 is 21.5 Å². The fraction of sp³-hybridized carbons (Fsp3) is 0.400. The zero-order valence-electron chi connectivity index (χ0n) is 9.38. The molecule has 0 aliphatic heterocycles. The van der Waals surface area contributed by atoms with Gasteiger partial charge in [0.25, 0.3) is 0 Å². The zero-order chi connectivity index (χ0) is 13.8. The van der Waals surface area contributed by atoms with Crippen molar-refractivity contribution in [2.75, 3.05) is 0 Å². The highest BCUT2D eigenvalue weighted by Gasteiger charge is 2.46. The summed E-state index contributed by atoms with van der Waals surface area (Å²) in [7, 11) is -4.06. The van der Waals surface area contributed by atoms with Gasteiger partial charge in [-0.1, -0.05) is 30.3 Å². The van der Waals surface area contributed by atoms with E-state index in [9.17, 15) is 22.0 Å². The highest BCUT2D eigenvalue weighted by atomic mass is 28.4. The first-order valence-electron chi connectivity index (χ1n) is 4.97. The third kappa shape index (κ3) is 5.56. The van der Waals surface area contributed by atoms with Crippen molar-refractivity contribution in [3.63, 3.8) is 0 Å². The molecule has 0 aliphatic rings. The van der Waals surface area contributed by atoms with Crippen LogP contribution in [0.4, 0.5) is 22.0 Å². The summed E-state index contributed by atoms with van der Waals surface area (Å²) in [5, 5.41) is 0. The summed E-state index contributed by atoms with van der Waals surface area (Å²) in [6.07, 6.45) is -5.00. The minimum atomic E-state index is -5.00. The van der Waals surface area contributed by atoms with Crippen LogP contribution in [0.5, 0.6) is 0 Å². The molecule has 0 fully saturated rings. The fourth-order valence-electron chi connectivity index (χ4n) is 1.50. The highest BCUT2D eigenvalue weighted by molar-refractivity contribution is 6.65. The van der Waals surface area contributed by atoms with Crippen molar-refractivity contribution in [3.05, 3.63) is 35.9 Å². The van der Waals surface area contributed by atoms with Crippen molar-refractivity contribution >= 4 is 8.56 Å². The van der Waals surface area contributed by atoms with Gasteiger partial charge in [0.1, 0.15) is 0 Å². The van der Waals surface area contributed by atoms with E-state index in [1.807, 2.05) is 0 Å². The molecule has 0 N–H and O–H groups in total. The van der Waals surface area contributed by atoms with Gasteiger partial charge in [0.15, 0.2) is 0 Å². The van der Waals surface area contributed by atoms with Gasteiger partial charge in [-0.05, 0) is 12.1 Å². The number of rotatable bonds is 5. The molecule has 2 nitrogen and oxygen atoms in total. The summed E-state index contributed by atoms with van der Waals surface area (Å²) >= 11 is 0. The Hall–Kier alpha value is -0.993. The van der Waals surface area contributed by atoms with Crippen LogP contribution in [0.3, 0.4) is 0 Å². The Morgan fingerprint density at radius 2 is 1.72 bits per heavy atom. The van der Waals surface area contributed by atoms with Gasteiger partial charge in [-0.2, -0.15) is 8.78 Å². The van der Waals surface area contributed by atoms with Crippen molar-refractivity contribution in [2.45, 2.75) is 25.6 Å². The third-order valence-electron chi connectivity index (χ3n) is 2.04. The van der Waals surface area contributed by atoms with Crippen LogP contribution >= 0.6 is 0 Å². The number of benzene rings is 1. The zero-order valence-corrected chi connectivity index (χ0v) is 10.4. The molecule has 1 unspecified atom stereocenters. The quantitative estimate of drug-likeness (QED) is 0.608. The second kappa shape index (κ2) is 5.76. The normalized spacial score (nSPS) is 15.7. The number of halogens is 5. The van der Waals surface area contributed by atoms with E-state index in [1.54, 1.807) is 18.2 Å². The number of hydrogen-bond donors (Lipinski definition) is 0. The molecule has 102 valence electrons. The van der Waals surface area contributed by atoms with Gasteiger partial charge in [-0.25, -0.2) is 0 Å². The molecule has 0 amide bonds. The van der Waals surface area contributed by atoms with Crippen molar-refractivity contribution in [3.8, 4) is 0 Å². The summed E-state index contributed by atoms with van der Waals surface area (Å²) in [5.74, 6) is 0. The van der Waals surface area contributed by atoms with E-state index in [1.165, 1.54) is 12.1 Å². The lowest BCUT2D eigenvalue weighted by Crippen LogP contribution is -2.47. The Morgan fingerprint density at radius 1 is 1.17 bits per heavy atom. The first-order valence-corrected chi connectivity index (χ1v) is 7.49. The van der Waals surface area contributed by atoms with Crippen LogP contribution < -0.4 is 0 Å². The van der Waals surface area contributed by atoms with Crippen LogP contribution in [0.1, 0.15) is 5.56 Å². The van der Waals surface area contributed by atoms with Crippen LogP contribution in [-0.2, 0) is 14.9 Å². The summed E-state index contributed by atoms with van der Waals surface area (Å²) in [6.45, 7) is -2.34. The van der Waals surface area contributed by atoms with Gasteiger partial charge in [-0.15, -0.1) is 13.2 Å². The minimum absolute atomic E-state index is 0.308. The minimum Gasteiger partial charge on any atom is -0.338 e. The fourth-order valence-corrected chi connectivity index (χ4v) is 3.55. The molecule has 1 aromatic carbocycles. The van der Waals surface area contributed by atoms with Gasteiger partial charge in [0.05, 0.1) is 0 Å². The van der Waals surface area contributed by atoms with E-state index in [2.05, 4.69) is 8.85 Å². The predicted molar refractivity (Wildman–Crippen MR) is 56.0 cm³/mol. The van der Waals surface area contributed by atoms with Crippen LogP contribution in [0, 0.1) is 0 Å². The second-order valence-corrected chi connectivity index (χ2v) is 6.78. The van der Waals surface area contributed by atoms with Crippen molar-refractivity contribution in [2.24, 2.45) is 0 Å². The average Bonchev–Trinajstić information content (AvgIpc) is 2.13. The number of alkyl halides is 5. The molecule has 0 spiro atoms. The topological polar surface area (TPSA) is 18.5 Å². The molecular formula is C10H11F5O2Si. The molecule has 18 heavy (non-hydrogen) atoms. The lowest BCUT2D eigenvalue weighted by molar-refractivity contribution is -0.292. The molecule has 0 radical (unpaired) electrons. The molecule has 8 heteroatoms. The summed E-state index contributed by atoms with van der Waals surface area (Å²) in [6, 6.07) is 7.61. The van der Waals surface area contributed by atoms with Gasteiger partial charge in [0, 0.05) is 6.04 Å². The smallest absolute Gasteiger partial charge is 0.338 e. The molecule has 1 atom stereocenters. The second-order valence-electron chi connectivity index (χ2n) is 3.72. The monoisotopic (exact) mass is 286 g/mol. The van der Waals surface area contributed by atoms with Gasteiger partial charge < -0.3 is 8.85 Å². The van der Waals surface area contributed by atoms with Crippen LogP contribution in [0.25, 0.3) is 0 Å². The predicted octanol–water partition coefficient (Wildman–Crippen LogP) is 3.62. The average molecular weight is 286 g/mol. The first-order chi connectivity index (χ1) is 8.20. The molecule has 0 heterocycles.